The van der Waals surface area contributed by atoms with Crippen LogP contribution in [0.1, 0.15) is 34.0 Å². The summed E-state index contributed by atoms with van der Waals surface area (Å²) in [5.74, 6) is 0.345. The Balaban J connectivity index is 1.75. The topological polar surface area (TPSA) is 101 Å². The second kappa shape index (κ2) is 10.1. The highest BCUT2D eigenvalue weighted by atomic mass is 16.5. The third-order valence-corrected chi connectivity index (χ3v) is 5.05. The van der Waals surface area contributed by atoms with E-state index in [1.807, 2.05) is 31.1 Å². The van der Waals surface area contributed by atoms with Crippen molar-refractivity contribution in [2.24, 2.45) is 0 Å². The zero-order chi connectivity index (χ0) is 21.5. The number of amides is 2. The number of hydrogen-bond acceptors (Lipinski definition) is 7. The first-order valence-electron chi connectivity index (χ1n) is 9.97. The van der Waals surface area contributed by atoms with E-state index in [-0.39, 0.29) is 17.7 Å². The number of ether oxygens (including phenoxy) is 1. The molecule has 0 saturated carbocycles. The van der Waals surface area contributed by atoms with Crippen LogP contribution in [0.25, 0.3) is 0 Å². The number of carbonyl (C=O) groups excluding carboxylic acids is 2. The molecule has 0 spiro atoms. The number of carbonyl (C=O) groups is 2. The Morgan fingerprint density at radius 3 is 2.87 bits per heavy atom. The number of pyridine rings is 1. The number of nitrogens with one attached hydrogen (secondary N) is 1. The van der Waals surface area contributed by atoms with Crippen LogP contribution < -0.4 is 10.2 Å². The Morgan fingerprint density at radius 1 is 1.33 bits per heavy atom. The van der Waals surface area contributed by atoms with E-state index in [1.54, 1.807) is 30.6 Å². The predicted octanol–water partition coefficient (Wildman–Crippen LogP) is 0.872. The van der Waals surface area contributed by atoms with Gasteiger partial charge in [-0.1, -0.05) is 6.07 Å². The van der Waals surface area contributed by atoms with Crippen LogP contribution in [0.2, 0.25) is 0 Å². The van der Waals surface area contributed by atoms with Crippen molar-refractivity contribution in [1.82, 2.24) is 25.2 Å². The number of nitrogens with zero attached hydrogens (tertiary/aromatic N) is 5. The zero-order valence-electron chi connectivity index (χ0n) is 17.7. The summed E-state index contributed by atoms with van der Waals surface area (Å²) in [4.78, 5) is 42.1. The number of hydrogen-bond donors (Lipinski definition) is 1. The molecule has 1 unspecified atom stereocenters. The van der Waals surface area contributed by atoms with Gasteiger partial charge in [-0.3, -0.25) is 14.6 Å². The second-order valence-electron chi connectivity index (χ2n) is 7.48. The summed E-state index contributed by atoms with van der Waals surface area (Å²) >= 11 is 0. The highest BCUT2D eigenvalue weighted by molar-refractivity contribution is 5.95. The quantitative estimate of drug-likeness (QED) is 0.642. The lowest BCUT2D eigenvalue weighted by Crippen LogP contribution is -2.31. The zero-order valence-corrected chi connectivity index (χ0v) is 17.7. The van der Waals surface area contributed by atoms with Gasteiger partial charge in [0.1, 0.15) is 0 Å². The van der Waals surface area contributed by atoms with E-state index < -0.39 is 0 Å². The smallest absolute Gasteiger partial charge is 0.254 e. The van der Waals surface area contributed by atoms with E-state index in [4.69, 9.17) is 4.74 Å². The molecule has 0 radical (unpaired) electrons. The summed E-state index contributed by atoms with van der Waals surface area (Å²) in [6.07, 6.45) is 6.04. The Morgan fingerprint density at radius 2 is 2.17 bits per heavy atom. The van der Waals surface area contributed by atoms with Gasteiger partial charge >= 0.3 is 0 Å². The molecule has 2 amide bonds. The average molecular weight is 412 g/mol. The van der Waals surface area contributed by atoms with E-state index >= 15 is 0 Å². The number of methoxy groups -OCH3 is 1. The van der Waals surface area contributed by atoms with Gasteiger partial charge in [0.15, 0.2) is 0 Å². The van der Waals surface area contributed by atoms with Crippen LogP contribution in [-0.4, -0.2) is 79.1 Å². The van der Waals surface area contributed by atoms with E-state index in [1.165, 1.54) is 0 Å². The molecule has 160 valence electrons. The maximum absolute atomic E-state index is 12.7. The van der Waals surface area contributed by atoms with Gasteiger partial charge in [-0.15, -0.1) is 0 Å². The molecule has 3 heterocycles. The van der Waals surface area contributed by atoms with Crippen molar-refractivity contribution in [3.63, 3.8) is 0 Å². The number of rotatable bonds is 8. The molecule has 1 atom stereocenters. The van der Waals surface area contributed by atoms with Crippen LogP contribution >= 0.6 is 0 Å². The summed E-state index contributed by atoms with van der Waals surface area (Å²) in [5.41, 5.74) is 2.02. The lowest BCUT2D eigenvalue weighted by atomic mass is 9.99. The minimum Gasteiger partial charge on any atom is -0.383 e. The van der Waals surface area contributed by atoms with Gasteiger partial charge in [0.05, 0.1) is 24.3 Å². The van der Waals surface area contributed by atoms with Crippen molar-refractivity contribution in [1.29, 1.82) is 0 Å². The fraction of sp³-hybridized carbons (Fsp3) is 0.476. The van der Waals surface area contributed by atoms with Crippen LogP contribution in [0.4, 0.5) is 5.95 Å². The maximum atomic E-state index is 12.7. The fourth-order valence-electron chi connectivity index (χ4n) is 3.45. The monoisotopic (exact) mass is 412 g/mol. The molecule has 30 heavy (non-hydrogen) atoms. The van der Waals surface area contributed by atoms with E-state index in [0.29, 0.717) is 49.9 Å². The summed E-state index contributed by atoms with van der Waals surface area (Å²) in [6, 6.07) is 3.72. The summed E-state index contributed by atoms with van der Waals surface area (Å²) in [7, 11) is 5.30. The largest absolute Gasteiger partial charge is 0.383 e. The third kappa shape index (κ3) is 5.29. The molecule has 2 aromatic heterocycles. The Labute approximate surface area is 176 Å². The van der Waals surface area contributed by atoms with E-state index in [2.05, 4.69) is 20.3 Å². The van der Waals surface area contributed by atoms with E-state index in [9.17, 15) is 9.59 Å². The third-order valence-electron chi connectivity index (χ3n) is 5.05. The van der Waals surface area contributed by atoms with E-state index in [0.717, 1.165) is 12.0 Å². The van der Waals surface area contributed by atoms with Gasteiger partial charge in [0.2, 0.25) is 11.9 Å². The number of anilines is 1. The Hall–Kier alpha value is -3.07. The maximum Gasteiger partial charge on any atom is 0.254 e. The van der Waals surface area contributed by atoms with Gasteiger partial charge < -0.3 is 19.9 Å². The van der Waals surface area contributed by atoms with Crippen LogP contribution in [-0.2, 0) is 16.0 Å². The fourth-order valence-corrected chi connectivity index (χ4v) is 3.45. The molecule has 1 aliphatic rings. The van der Waals surface area contributed by atoms with Crippen molar-refractivity contribution in [2.75, 3.05) is 52.3 Å². The molecule has 2 aromatic rings. The summed E-state index contributed by atoms with van der Waals surface area (Å²) in [6.45, 7) is 2.00. The molecular weight excluding hydrogens is 384 g/mol. The van der Waals surface area contributed by atoms with Crippen LogP contribution in [0.5, 0.6) is 0 Å². The summed E-state index contributed by atoms with van der Waals surface area (Å²) < 4.78 is 5.00. The highest BCUT2D eigenvalue weighted by Gasteiger charge is 2.31. The molecule has 1 N–H and O–H groups in total. The Bertz CT molecular complexity index is 874. The van der Waals surface area contributed by atoms with Crippen LogP contribution in [0.15, 0.2) is 30.7 Å². The van der Waals surface area contributed by atoms with Crippen LogP contribution in [0.3, 0.4) is 0 Å². The molecule has 3 rings (SSSR count). The van der Waals surface area contributed by atoms with Gasteiger partial charge in [-0.25, -0.2) is 9.97 Å². The normalized spacial score (nSPS) is 15.8. The standard InChI is InChI=1S/C21H28N6O3/c1-26(2)21-24-13-17(20(29)23-8-10-30-3)19(25-21)16-6-9-27(14-16)18(28)11-15-5-4-7-22-12-15/h4-5,7,12-13,16H,6,8-11,14H2,1-3H3,(H,23,29). The van der Waals surface area contributed by atoms with Crippen molar-refractivity contribution in [3.8, 4) is 0 Å². The number of aromatic nitrogens is 3. The van der Waals surface area contributed by atoms with Crippen molar-refractivity contribution in [3.05, 3.63) is 47.5 Å². The highest BCUT2D eigenvalue weighted by Crippen LogP contribution is 2.29. The minimum absolute atomic E-state index is 0.0206. The van der Waals surface area contributed by atoms with Crippen LogP contribution in [0, 0.1) is 0 Å². The molecule has 0 aliphatic carbocycles. The van der Waals surface area contributed by atoms with Gasteiger partial charge in [-0.2, -0.15) is 0 Å². The van der Waals surface area contributed by atoms with Crippen molar-refractivity contribution < 1.29 is 14.3 Å². The van der Waals surface area contributed by atoms with Crippen molar-refractivity contribution in [2.45, 2.75) is 18.8 Å². The molecule has 9 heteroatoms. The first-order valence-corrected chi connectivity index (χ1v) is 9.97. The molecule has 1 fully saturated rings. The number of likely N-dealkylation sites (tertiary alicyclic amines) is 1. The molecule has 1 aliphatic heterocycles. The average Bonchev–Trinajstić information content (AvgIpc) is 3.24. The second-order valence-corrected chi connectivity index (χ2v) is 7.48. The molecule has 9 nitrogen and oxygen atoms in total. The summed E-state index contributed by atoms with van der Waals surface area (Å²) in [5, 5.41) is 2.83. The first-order chi connectivity index (χ1) is 14.5. The SMILES string of the molecule is COCCNC(=O)c1cnc(N(C)C)nc1C1CCN(C(=O)Cc2cccnc2)C1. The van der Waals surface area contributed by atoms with Gasteiger partial charge in [-0.05, 0) is 18.1 Å². The molecule has 1 saturated heterocycles. The van der Waals surface area contributed by atoms with Crippen molar-refractivity contribution >= 4 is 17.8 Å². The molecule has 0 aromatic carbocycles. The minimum atomic E-state index is -0.229. The lowest BCUT2D eigenvalue weighted by Gasteiger charge is -2.19. The van der Waals surface area contributed by atoms with Gasteiger partial charge in [0.25, 0.3) is 5.91 Å². The predicted molar refractivity (Wildman–Crippen MR) is 112 cm³/mol. The first kappa shape index (κ1) is 21.6. The van der Waals surface area contributed by atoms with Gasteiger partial charge in [0, 0.05) is 65.3 Å². The Kier molecular flexibility index (Phi) is 7.29. The molecule has 0 bridgehead atoms. The lowest BCUT2D eigenvalue weighted by molar-refractivity contribution is -0.129. The molecular formula is C21H28N6O3.